The van der Waals surface area contributed by atoms with Crippen LogP contribution in [0.15, 0.2) is 60.7 Å². The summed E-state index contributed by atoms with van der Waals surface area (Å²) in [7, 11) is 0. The Labute approximate surface area is 154 Å². The first-order valence-corrected chi connectivity index (χ1v) is 8.11. The van der Waals surface area contributed by atoms with E-state index in [-0.39, 0.29) is 11.6 Å². The van der Waals surface area contributed by atoms with Crippen LogP contribution >= 0.6 is 11.6 Å². The summed E-state index contributed by atoms with van der Waals surface area (Å²) in [4.78, 5) is 27.1. The molecule has 0 saturated heterocycles. The fraction of sp³-hybridized carbons (Fsp3) is 0.0526. The van der Waals surface area contributed by atoms with Crippen molar-refractivity contribution < 1.29 is 9.72 Å². The number of pyridine rings is 1. The molecule has 0 aliphatic heterocycles. The summed E-state index contributed by atoms with van der Waals surface area (Å²) in [5, 5.41) is 14.1. The van der Waals surface area contributed by atoms with Crippen LogP contribution in [0.2, 0.25) is 5.02 Å². The van der Waals surface area contributed by atoms with E-state index in [4.69, 9.17) is 11.6 Å². The van der Waals surface area contributed by atoms with Crippen molar-refractivity contribution in [3.8, 4) is 11.3 Å². The predicted octanol–water partition coefficient (Wildman–Crippen LogP) is 4.87. The Bertz CT molecular complexity index is 970. The number of aromatic nitrogens is 1. The molecule has 3 aromatic rings. The van der Waals surface area contributed by atoms with Crippen molar-refractivity contribution in [3.05, 3.63) is 87.1 Å². The third-order valence-electron chi connectivity index (χ3n) is 3.81. The molecular weight excluding hydrogens is 354 g/mol. The van der Waals surface area contributed by atoms with Gasteiger partial charge >= 0.3 is 0 Å². The molecule has 0 bridgehead atoms. The van der Waals surface area contributed by atoms with E-state index in [2.05, 4.69) is 10.3 Å². The largest absolute Gasteiger partial charge is 0.322 e. The first-order chi connectivity index (χ1) is 12.4. The molecule has 26 heavy (non-hydrogen) atoms. The van der Waals surface area contributed by atoms with Gasteiger partial charge in [-0.25, -0.2) is 0 Å². The Balaban J connectivity index is 1.81. The maximum atomic E-state index is 12.4. The lowest BCUT2D eigenvalue weighted by Gasteiger charge is -2.09. The van der Waals surface area contributed by atoms with E-state index in [9.17, 15) is 14.9 Å². The summed E-state index contributed by atoms with van der Waals surface area (Å²) >= 11 is 5.83. The number of carbonyl (C=O) groups excluding carboxylic acids is 1. The number of carbonyl (C=O) groups is 1. The number of non-ortho nitro benzene ring substituents is 1. The van der Waals surface area contributed by atoms with Gasteiger partial charge in [-0.2, -0.15) is 0 Å². The van der Waals surface area contributed by atoms with Crippen molar-refractivity contribution in [1.82, 2.24) is 4.98 Å². The number of benzene rings is 2. The van der Waals surface area contributed by atoms with Gasteiger partial charge in [-0.1, -0.05) is 11.6 Å². The molecule has 130 valence electrons. The summed E-state index contributed by atoms with van der Waals surface area (Å²) in [6, 6.07) is 16.3. The SMILES string of the molecule is Cc1nc(-c2ccc([N+](=O)[O-])cc2)ccc1C(=O)Nc1ccc(Cl)cc1. The zero-order chi connectivity index (χ0) is 18.7. The van der Waals surface area contributed by atoms with E-state index >= 15 is 0 Å². The quantitative estimate of drug-likeness (QED) is 0.526. The number of hydrogen-bond acceptors (Lipinski definition) is 4. The topological polar surface area (TPSA) is 85.1 Å². The smallest absolute Gasteiger partial charge is 0.269 e. The fourth-order valence-corrected chi connectivity index (χ4v) is 2.57. The van der Waals surface area contributed by atoms with Gasteiger partial charge in [0.15, 0.2) is 0 Å². The molecule has 0 atom stereocenters. The Morgan fingerprint density at radius 3 is 2.27 bits per heavy atom. The number of nitrogens with one attached hydrogen (secondary N) is 1. The number of hydrogen-bond donors (Lipinski definition) is 1. The van der Waals surface area contributed by atoms with Gasteiger partial charge in [0.25, 0.3) is 11.6 Å². The molecule has 2 aromatic carbocycles. The summed E-state index contributed by atoms with van der Waals surface area (Å²) < 4.78 is 0. The van der Waals surface area contributed by atoms with Crippen molar-refractivity contribution in [2.45, 2.75) is 6.92 Å². The van der Waals surface area contributed by atoms with Gasteiger partial charge in [0.2, 0.25) is 0 Å². The molecular formula is C19H14ClN3O3. The maximum absolute atomic E-state index is 12.4. The van der Waals surface area contributed by atoms with Crippen LogP contribution in [-0.4, -0.2) is 15.8 Å². The maximum Gasteiger partial charge on any atom is 0.269 e. The number of nitro benzene ring substituents is 1. The van der Waals surface area contributed by atoms with Crippen LogP contribution in [0.4, 0.5) is 11.4 Å². The van der Waals surface area contributed by atoms with Gasteiger partial charge in [0.1, 0.15) is 0 Å². The number of nitro groups is 1. The van der Waals surface area contributed by atoms with Gasteiger partial charge in [-0.3, -0.25) is 19.9 Å². The zero-order valence-electron chi connectivity index (χ0n) is 13.8. The van der Waals surface area contributed by atoms with E-state index in [0.29, 0.717) is 27.7 Å². The molecule has 0 spiro atoms. The number of rotatable bonds is 4. The van der Waals surface area contributed by atoms with Crippen LogP contribution in [0.3, 0.4) is 0 Å². The Morgan fingerprint density at radius 1 is 1.04 bits per heavy atom. The Kier molecular flexibility index (Phi) is 4.95. The minimum absolute atomic E-state index is 0.0180. The lowest BCUT2D eigenvalue weighted by atomic mass is 10.1. The predicted molar refractivity (Wildman–Crippen MR) is 100 cm³/mol. The lowest BCUT2D eigenvalue weighted by Crippen LogP contribution is -2.14. The van der Waals surface area contributed by atoms with E-state index in [1.165, 1.54) is 12.1 Å². The number of nitrogens with zero attached hydrogens (tertiary/aromatic N) is 2. The zero-order valence-corrected chi connectivity index (χ0v) is 14.5. The second-order valence-electron chi connectivity index (χ2n) is 5.59. The summed E-state index contributed by atoms with van der Waals surface area (Å²) in [6.07, 6.45) is 0. The van der Waals surface area contributed by atoms with Crippen molar-refractivity contribution >= 4 is 28.9 Å². The fourth-order valence-electron chi connectivity index (χ4n) is 2.45. The minimum Gasteiger partial charge on any atom is -0.322 e. The Hall–Kier alpha value is -3.25. The molecule has 0 unspecified atom stereocenters. The highest BCUT2D eigenvalue weighted by Crippen LogP contribution is 2.22. The molecule has 1 heterocycles. The second-order valence-corrected chi connectivity index (χ2v) is 6.03. The van der Waals surface area contributed by atoms with Gasteiger partial charge < -0.3 is 5.32 Å². The Morgan fingerprint density at radius 2 is 1.69 bits per heavy atom. The summed E-state index contributed by atoms with van der Waals surface area (Å²) in [6.45, 7) is 1.74. The van der Waals surface area contributed by atoms with E-state index in [0.717, 1.165) is 5.56 Å². The number of anilines is 1. The summed E-state index contributed by atoms with van der Waals surface area (Å²) in [5.41, 5.74) is 3.05. The second kappa shape index (κ2) is 7.33. The van der Waals surface area contributed by atoms with Gasteiger partial charge in [0, 0.05) is 28.4 Å². The van der Waals surface area contributed by atoms with E-state index < -0.39 is 4.92 Å². The van der Waals surface area contributed by atoms with Gasteiger partial charge in [-0.05, 0) is 55.5 Å². The highest BCUT2D eigenvalue weighted by atomic mass is 35.5. The third-order valence-corrected chi connectivity index (χ3v) is 4.06. The molecule has 1 amide bonds. The molecule has 1 N–H and O–H groups in total. The molecule has 0 fully saturated rings. The molecule has 0 radical (unpaired) electrons. The van der Waals surface area contributed by atoms with Crippen LogP contribution in [-0.2, 0) is 0 Å². The van der Waals surface area contributed by atoms with Gasteiger partial charge in [-0.15, -0.1) is 0 Å². The molecule has 0 aliphatic rings. The van der Waals surface area contributed by atoms with Crippen LogP contribution in [0.5, 0.6) is 0 Å². The highest BCUT2D eigenvalue weighted by molar-refractivity contribution is 6.30. The normalized spacial score (nSPS) is 10.4. The van der Waals surface area contributed by atoms with Gasteiger partial charge in [0.05, 0.1) is 21.9 Å². The van der Waals surface area contributed by atoms with Crippen LogP contribution < -0.4 is 5.32 Å². The summed E-state index contributed by atoms with van der Waals surface area (Å²) in [5.74, 6) is -0.271. The molecule has 7 heteroatoms. The molecule has 1 aromatic heterocycles. The first-order valence-electron chi connectivity index (χ1n) is 7.73. The molecule has 6 nitrogen and oxygen atoms in total. The first kappa shape index (κ1) is 17.6. The average molecular weight is 368 g/mol. The molecule has 0 saturated carbocycles. The molecule has 3 rings (SSSR count). The van der Waals surface area contributed by atoms with Crippen molar-refractivity contribution in [1.29, 1.82) is 0 Å². The van der Waals surface area contributed by atoms with Crippen molar-refractivity contribution in [2.75, 3.05) is 5.32 Å². The number of aryl methyl sites for hydroxylation is 1. The van der Waals surface area contributed by atoms with Crippen LogP contribution in [0.1, 0.15) is 16.1 Å². The number of halogens is 1. The van der Waals surface area contributed by atoms with E-state index in [1.807, 2.05) is 0 Å². The monoisotopic (exact) mass is 367 g/mol. The lowest BCUT2D eigenvalue weighted by molar-refractivity contribution is -0.384. The third kappa shape index (κ3) is 3.87. The van der Waals surface area contributed by atoms with E-state index in [1.54, 1.807) is 55.5 Å². The molecule has 0 aliphatic carbocycles. The van der Waals surface area contributed by atoms with Crippen molar-refractivity contribution in [2.24, 2.45) is 0 Å². The van der Waals surface area contributed by atoms with Crippen LogP contribution in [0, 0.1) is 17.0 Å². The van der Waals surface area contributed by atoms with Crippen LogP contribution in [0.25, 0.3) is 11.3 Å². The highest BCUT2D eigenvalue weighted by Gasteiger charge is 2.12. The average Bonchev–Trinajstić information content (AvgIpc) is 2.63. The minimum atomic E-state index is -0.452. The standard InChI is InChI=1S/C19H14ClN3O3/c1-12-17(19(24)22-15-6-4-14(20)5-7-15)10-11-18(21-12)13-2-8-16(9-3-13)23(25)26/h2-11H,1H3,(H,22,24). The van der Waals surface area contributed by atoms with Crippen molar-refractivity contribution in [3.63, 3.8) is 0 Å². The number of amides is 1.